The lowest BCUT2D eigenvalue weighted by Crippen LogP contribution is -2.36. The van der Waals surface area contributed by atoms with Crippen molar-refractivity contribution in [1.82, 2.24) is 0 Å². The van der Waals surface area contributed by atoms with Gasteiger partial charge in [0.1, 0.15) is 17.3 Å². The van der Waals surface area contributed by atoms with Crippen LogP contribution in [-0.4, -0.2) is 36.1 Å². The number of aliphatic carboxylic acids is 1. The van der Waals surface area contributed by atoms with Crippen molar-refractivity contribution in [2.75, 3.05) is 18.1 Å². The van der Waals surface area contributed by atoms with Gasteiger partial charge >= 0.3 is 5.97 Å². The number of halogens is 1. The van der Waals surface area contributed by atoms with Crippen molar-refractivity contribution >= 4 is 35.0 Å². The number of carbonyl (C=O) groups is 3. The minimum Gasteiger partial charge on any atom is -0.493 e. The highest BCUT2D eigenvalue weighted by molar-refractivity contribution is 6.26. The molecule has 0 atom stereocenters. The molecule has 172 valence electrons. The minimum absolute atomic E-state index is 0.109. The molecule has 1 aliphatic heterocycles. The van der Waals surface area contributed by atoms with Crippen LogP contribution in [0.2, 0.25) is 0 Å². The Balaban J connectivity index is 2.23. The van der Waals surface area contributed by atoms with Gasteiger partial charge in [0.25, 0.3) is 11.8 Å². The zero-order chi connectivity index (χ0) is 24.1. The zero-order valence-electron chi connectivity index (χ0n) is 18.6. The zero-order valence-corrected chi connectivity index (χ0v) is 18.6. The van der Waals surface area contributed by atoms with Gasteiger partial charge in [-0.2, -0.15) is 0 Å². The van der Waals surface area contributed by atoms with Crippen LogP contribution in [-0.2, 0) is 30.3 Å². The lowest BCUT2D eigenvalue weighted by Gasteiger charge is -2.21. The molecule has 0 radical (unpaired) electrons. The van der Waals surface area contributed by atoms with Crippen molar-refractivity contribution in [2.45, 2.75) is 27.2 Å². The second-order valence-corrected chi connectivity index (χ2v) is 7.23. The molecule has 1 heterocycles. The molecule has 0 fully saturated rings. The summed E-state index contributed by atoms with van der Waals surface area (Å²) in [6.07, 6.45) is 0.996. The van der Waals surface area contributed by atoms with Crippen LogP contribution >= 0.6 is 0 Å². The van der Waals surface area contributed by atoms with Crippen LogP contribution in [0.25, 0.3) is 11.5 Å². The summed E-state index contributed by atoms with van der Waals surface area (Å²) in [6.45, 7) is 5.43. The molecule has 0 unspecified atom stereocenters. The number of rotatable bonds is 7. The highest BCUT2D eigenvalue weighted by atomic mass is 19.1. The van der Waals surface area contributed by atoms with Gasteiger partial charge in [-0.3, -0.25) is 14.4 Å². The summed E-state index contributed by atoms with van der Waals surface area (Å²) in [6, 6.07) is 10.0. The Morgan fingerprint density at radius 1 is 1.00 bits per heavy atom. The first-order valence-electron chi connectivity index (χ1n) is 10.4. The van der Waals surface area contributed by atoms with E-state index in [0.29, 0.717) is 16.7 Å². The Hall–Kier alpha value is -3.94. The SMILES string of the molecule is CCO/C1=C\C(=O)N(c2ccc(CC(=O)O)cc2)C(=O)/C(C)=C(\OCC)c2cc(F)ccc21. The first-order chi connectivity index (χ1) is 15.8. The van der Waals surface area contributed by atoms with E-state index in [9.17, 15) is 18.8 Å². The molecular weight excluding hydrogens is 429 g/mol. The van der Waals surface area contributed by atoms with Gasteiger partial charge in [-0.1, -0.05) is 12.1 Å². The van der Waals surface area contributed by atoms with E-state index in [0.717, 1.165) is 4.90 Å². The highest BCUT2D eigenvalue weighted by Gasteiger charge is 2.30. The lowest BCUT2D eigenvalue weighted by atomic mass is 10.0. The normalized spacial score (nSPS) is 17.9. The van der Waals surface area contributed by atoms with Crippen LogP contribution in [0.3, 0.4) is 0 Å². The summed E-state index contributed by atoms with van der Waals surface area (Å²) < 4.78 is 25.6. The lowest BCUT2D eigenvalue weighted by molar-refractivity contribution is -0.136. The number of anilines is 1. The molecule has 2 aromatic carbocycles. The van der Waals surface area contributed by atoms with Crippen molar-refractivity contribution in [3.05, 3.63) is 76.6 Å². The van der Waals surface area contributed by atoms with Gasteiger partial charge in [0.05, 0.1) is 30.9 Å². The van der Waals surface area contributed by atoms with E-state index >= 15 is 0 Å². The number of amides is 2. The number of hydrogen-bond donors (Lipinski definition) is 1. The van der Waals surface area contributed by atoms with Crippen LogP contribution in [0.15, 0.2) is 54.1 Å². The summed E-state index contributed by atoms with van der Waals surface area (Å²) in [5.41, 5.74) is 1.59. The van der Waals surface area contributed by atoms with Gasteiger partial charge in [-0.25, -0.2) is 9.29 Å². The molecule has 8 heteroatoms. The highest BCUT2D eigenvalue weighted by Crippen LogP contribution is 2.33. The largest absolute Gasteiger partial charge is 0.493 e. The predicted octanol–water partition coefficient (Wildman–Crippen LogP) is 4.17. The predicted molar refractivity (Wildman–Crippen MR) is 120 cm³/mol. The van der Waals surface area contributed by atoms with Crippen LogP contribution in [0, 0.1) is 5.82 Å². The maximum Gasteiger partial charge on any atom is 0.307 e. The fourth-order valence-corrected chi connectivity index (χ4v) is 3.53. The van der Waals surface area contributed by atoms with E-state index in [4.69, 9.17) is 14.6 Å². The minimum atomic E-state index is -0.993. The topological polar surface area (TPSA) is 93.1 Å². The van der Waals surface area contributed by atoms with Crippen LogP contribution < -0.4 is 4.90 Å². The number of imide groups is 1. The third kappa shape index (κ3) is 5.11. The molecule has 2 aromatic rings. The van der Waals surface area contributed by atoms with Crippen molar-refractivity contribution in [3.63, 3.8) is 0 Å². The Bertz CT molecular complexity index is 1150. The third-order valence-electron chi connectivity index (χ3n) is 4.97. The summed E-state index contributed by atoms with van der Waals surface area (Å²) in [4.78, 5) is 38.7. The van der Waals surface area contributed by atoms with E-state index < -0.39 is 23.6 Å². The Morgan fingerprint density at radius 2 is 1.67 bits per heavy atom. The molecule has 0 spiro atoms. The summed E-state index contributed by atoms with van der Waals surface area (Å²) in [5, 5.41) is 8.98. The van der Waals surface area contributed by atoms with Crippen molar-refractivity contribution in [2.24, 2.45) is 0 Å². The number of fused-ring (bicyclic) bond motifs is 1. The smallest absolute Gasteiger partial charge is 0.307 e. The van der Waals surface area contributed by atoms with Crippen molar-refractivity contribution in [1.29, 1.82) is 0 Å². The molecule has 0 saturated heterocycles. The second-order valence-electron chi connectivity index (χ2n) is 7.23. The second kappa shape index (κ2) is 10.1. The summed E-state index contributed by atoms with van der Waals surface area (Å²) >= 11 is 0. The van der Waals surface area contributed by atoms with Crippen LogP contribution in [0.1, 0.15) is 37.5 Å². The number of carboxylic acid groups (broad SMARTS) is 1. The molecule has 0 bridgehead atoms. The molecule has 7 nitrogen and oxygen atoms in total. The molecule has 3 rings (SSSR count). The van der Waals surface area contributed by atoms with Crippen molar-refractivity contribution < 1.29 is 33.4 Å². The number of carboxylic acids is 1. The number of hydrogen-bond acceptors (Lipinski definition) is 5. The van der Waals surface area contributed by atoms with Crippen LogP contribution in [0.4, 0.5) is 10.1 Å². The van der Waals surface area contributed by atoms with Gasteiger partial charge in [0, 0.05) is 17.2 Å². The Kier molecular flexibility index (Phi) is 7.27. The third-order valence-corrected chi connectivity index (χ3v) is 4.97. The summed E-state index contributed by atoms with van der Waals surface area (Å²) in [5.74, 6) is -2.53. The quantitative estimate of drug-likeness (QED) is 0.633. The molecule has 0 aliphatic carbocycles. The molecule has 33 heavy (non-hydrogen) atoms. The molecule has 2 amide bonds. The molecule has 1 N–H and O–H groups in total. The van der Waals surface area contributed by atoms with Gasteiger partial charge in [0.15, 0.2) is 0 Å². The van der Waals surface area contributed by atoms with E-state index in [1.807, 2.05) is 0 Å². The molecule has 1 aliphatic rings. The standard InChI is InChI=1S/C25H24FNO6/c1-4-32-21-14-22(28)27(18-9-6-16(7-10-18)12-23(29)30)25(31)15(3)24(33-5-2)20-13-17(26)8-11-19(20)21/h6-11,13-14H,4-5,12H2,1-3H3,(H,29,30)/b21-14-,24-15-. The van der Waals surface area contributed by atoms with Gasteiger partial charge < -0.3 is 14.6 Å². The number of benzene rings is 2. The maximum absolute atomic E-state index is 14.2. The first kappa shape index (κ1) is 23.7. The fourth-order valence-electron chi connectivity index (χ4n) is 3.53. The fraction of sp³-hybridized carbons (Fsp3) is 0.240. The van der Waals surface area contributed by atoms with Crippen LogP contribution in [0.5, 0.6) is 0 Å². The molecule has 0 aromatic heterocycles. The monoisotopic (exact) mass is 453 g/mol. The Morgan fingerprint density at radius 3 is 2.27 bits per heavy atom. The Labute approximate surface area is 190 Å². The van der Waals surface area contributed by atoms with E-state index in [-0.39, 0.29) is 42.4 Å². The van der Waals surface area contributed by atoms with E-state index in [1.54, 1.807) is 13.8 Å². The molecule has 0 saturated carbocycles. The molecular formula is C25H24FNO6. The number of nitrogens with zero attached hydrogens (tertiary/aromatic N) is 1. The summed E-state index contributed by atoms with van der Waals surface area (Å²) in [7, 11) is 0. The maximum atomic E-state index is 14.2. The average molecular weight is 453 g/mol. The first-order valence-corrected chi connectivity index (χ1v) is 10.4. The van der Waals surface area contributed by atoms with Gasteiger partial charge in [-0.15, -0.1) is 0 Å². The number of carbonyl (C=O) groups excluding carboxylic acids is 2. The van der Waals surface area contributed by atoms with E-state index in [2.05, 4.69) is 0 Å². The van der Waals surface area contributed by atoms with Crippen molar-refractivity contribution in [3.8, 4) is 0 Å². The van der Waals surface area contributed by atoms with Gasteiger partial charge in [-0.05, 0) is 56.7 Å². The van der Waals surface area contributed by atoms with Gasteiger partial charge in [0.2, 0.25) is 0 Å². The average Bonchev–Trinajstić information content (AvgIpc) is 2.79. The number of ether oxygens (including phenoxy) is 2. The van der Waals surface area contributed by atoms with E-state index in [1.165, 1.54) is 55.5 Å².